The molecule has 0 aliphatic carbocycles. The predicted octanol–water partition coefficient (Wildman–Crippen LogP) is 2.23. The summed E-state index contributed by atoms with van der Waals surface area (Å²) in [6.07, 6.45) is 0.595. The van der Waals surface area contributed by atoms with Crippen molar-refractivity contribution in [2.24, 2.45) is 0 Å². The van der Waals surface area contributed by atoms with E-state index < -0.39 is 11.8 Å². The first-order valence-electron chi connectivity index (χ1n) is 7.87. The quantitative estimate of drug-likeness (QED) is 0.800. The number of rotatable bonds is 6. The summed E-state index contributed by atoms with van der Waals surface area (Å²) in [6.45, 7) is 2.21. The number of carbonyl (C=O) groups excluding carboxylic acids is 2. The van der Waals surface area contributed by atoms with Crippen LogP contribution in [0.5, 0.6) is 5.75 Å². The largest absolute Gasteiger partial charge is 0.496 e. The van der Waals surface area contributed by atoms with Crippen LogP contribution in [0.3, 0.4) is 0 Å². The Balaban J connectivity index is 1.81. The van der Waals surface area contributed by atoms with E-state index in [9.17, 15) is 9.59 Å². The number of nitrogens with one attached hydrogen (secondary N) is 2. The number of amides is 2. The Morgan fingerprint density at radius 3 is 2.38 bits per heavy atom. The highest BCUT2D eigenvalue weighted by atomic mass is 16.5. The van der Waals surface area contributed by atoms with Crippen LogP contribution in [0.4, 0.5) is 0 Å². The van der Waals surface area contributed by atoms with Gasteiger partial charge < -0.3 is 15.4 Å². The van der Waals surface area contributed by atoms with Crippen molar-refractivity contribution in [1.29, 1.82) is 0 Å². The van der Waals surface area contributed by atoms with Crippen molar-refractivity contribution < 1.29 is 14.3 Å². The molecule has 0 radical (unpaired) electrons. The molecule has 0 fully saturated rings. The molecule has 0 spiro atoms. The smallest absolute Gasteiger partial charge is 0.309 e. The van der Waals surface area contributed by atoms with Crippen LogP contribution in [0.1, 0.15) is 24.1 Å². The maximum Gasteiger partial charge on any atom is 0.309 e. The van der Waals surface area contributed by atoms with Crippen LogP contribution >= 0.6 is 0 Å². The van der Waals surface area contributed by atoms with Crippen LogP contribution in [0, 0.1) is 0 Å². The molecule has 0 saturated heterocycles. The van der Waals surface area contributed by atoms with Gasteiger partial charge in [0.15, 0.2) is 0 Å². The van der Waals surface area contributed by atoms with E-state index in [1.54, 1.807) is 7.11 Å². The van der Waals surface area contributed by atoms with Crippen molar-refractivity contribution in [3.63, 3.8) is 0 Å². The fourth-order valence-corrected chi connectivity index (χ4v) is 2.39. The Labute approximate surface area is 142 Å². The third-order valence-electron chi connectivity index (χ3n) is 3.73. The van der Waals surface area contributed by atoms with E-state index in [2.05, 4.69) is 10.6 Å². The van der Waals surface area contributed by atoms with Crippen LogP contribution in [0.15, 0.2) is 54.6 Å². The Kier molecular flexibility index (Phi) is 6.37. The fourth-order valence-electron chi connectivity index (χ4n) is 2.39. The molecule has 0 aliphatic rings. The Hall–Kier alpha value is -2.82. The van der Waals surface area contributed by atoms with Gasteiger partial charge in [-0.3, -0.25) is 9.59 Å². The standard InChI is InChI=1S/C19H22N2O3/c1-14(15-8-4-3-5-9-15)21-19(23)18(22)20-13-12-16-10-6-7-11-17(16)24-2/h3-11,14H,12-13H2,1-2H3,(H,20,22)(H,21,23)/t14-/m1/s1. The Morgan fingerprint density at radius 1 is 1.00 bits per heavy atom. The molecule has 24 heavy (non-hydrogen) atoms. The molecule has 1 atom stereocenters. The molecular weight excluding hydrogens is 304 g/mol. The topological polar surface area (TPSA) is 67.4 Å². The first-order chi connectivity index (χ1) is 11.6. The summed E-state index contributed by atoms with van der Waals surface area (Å²) in [5.41, 5.74) is 1.94. The van der Waals surface area contributed by atoms with E-state index in [1.165, 1.54) is 0 Å². The summed E-state index contributed by atoms with van der Waals surface area (Å²) >= 11 is 0. The minimum Gasteiger partial charge on any atom is -0.496 e. The second-order valence-corrected chi connectivity index (χ2v) is 5.42. The number of ether oxygens (including phenoxy) is 1. The van der Waals surface area contributed by atoms with Gasteiger partial charge in [0.05, 0.1) is 13.2 Å². The lowest BCUT2D eigenvalue weighted by atomic mass is 10.1. The predicted molar refractivity (Wildman–Crippen MR) is 92.7 cm³/mol. The number of hydrogen-bond donors (Lipinski definition) is 2. The zero-order valence-electron chi connectivity index (χ0n) is 13.9. The molecular formula is C19H22N2O3. The monoisotopic (exact) mass is 326 g/mol. The van der Waals surface area contributed by atoms with Gasteiger partial charge in [-0.1, -0.05) is 48.5 Å². The second-order valence-electron chi connectivity index (χ2n) is 5.42. The number of hydrogen-bond acceptors (Lipinski definition) is 3. The maximum absolute atomic E-state index is 11.9. The van der Waals surface area contributed by atoms with E-state index in [-0.39, 0.29) is 6.04 Å². The molecule has 0 bridgehead atoms. The molecule has 2 rings (SSSR count). The third-order valence-corrected chi connectivity index (χ3v) is 3.73. The van der Waals surface area contributed by atoms with E-state index in [4.69, 9.17) is 4.74 Å². The number of benzene rings is 2. The highest BCUT2D eigenvalue weighted by Crippen LogP contribution is 2.17. The molecule has 0 heterocycles. The van der Waals surface area contributed by atoms with E-state index in [1.807, 2.05) is 61.5 Å². The molecule has 2 aromatic carbocycles. The molecule has 5 heteroatoms. The first kappa shape index (κ1) is 17.5. The van der Waals surface area contributed by atoms with Crippen LogP contribution in [0.2, 0.25) is 0 Å². The highest BCUT2D eigenvalue weighted by molar-refractivity contribution is 6.35. The SMILES string of the molecule is COc1ccccc1CCNC(=O)C(=O)N[C@H](C)c1ccccc1. The van der Waals surface area contributed by atoms with Gasteiger partial charge in [0, 0.05) is 6.54 Å². The highest BCUT2D eigenvalue weighted by Gasteiger charge is 2.16. The summed E-state index contributed by atoms with van der Waals surface area (Å²) in [4.78, 5) is 23.8. The van der Waals surface area contributed by atoms with Crippen LogP contribution in [-0.2, 0) is 16.0 Å². The summed E-state index contributed by atoms with van der Waals surface area (Å²) in [7, 11) is 1.61. The number of para-hydroxylation sites is 1. The van der Waals surface area contributed by atoms with Gasteiger partial charge in [0.2, 0.25) is 0 Å². The number of methoxy groups -OCH3 is 1. The van der Waals surface area contributed by atoms with E-state index in [0.29, 0.717) is 13.0 Å². The second kappa shape index (κ2) is 8.72. The molecule has 5 nitrogen and oxygen atoms in total. The molecule has 0 aliphatic heterocycles. The van der Waals surface area contributed by atoms with Crippen molar-refractivity contribution in [2.75, 3.05) is 13.7 Å². The van der Waals surface area contributed by atoms with Crippen molar-refractivity contribution >= 4 is 11.8 Å². The van der Waals surface area contributed by atoms with Gasteiger partial charge in [-0.25, -0.2) is 0 Å². The Bertz CT molecular complexity index is 686. The summed E-state index contributed by atoms with van der Waals surface area (Å²) in [6, 6.07) is 16.9. The first-order valence-corrected chi connectivity index (χ1v) is 7.87. The molecule has 0 saturated carbocycles. The van der Waals surface area contributed by atoms with Gasteiger partial charge in [0.25, 0.3) is 0 Å². The lowest BCUT2D eigenvalue weighted by Crippen LogP contribution is -2.41. The molecule has 0 aromatic heterocycles. The van der Waals surface area contributed by atoms with Crippen molar-refractivity contribution in [3.05, 3.63) is 65.7 Å². The molecule has 2 aromatic rings. The summed E-state index contributed by atoms with van der Waals surface area (Å²) < 4.78 is 5.26. The van der Waals surface area contributed by atoms with Gasteiger partial charge >= 0.3 is 11.8 Å². The lowest BCUT2D eigenvalue weighted by Gasteiger charge is -2.14. The third kappa shape index (κ3) is 4.84. The van der Waals surface area contributed by atoms with E-state index in [0.717, 1.165) is 16.9 Å². The van der Waals surface area contributed by atoms with Crippen molar-refractivity contribution in [3.8, 4) is 5.75 Å². The summed E-state index contributed by atoms with van der Waals surface area (Å²) in [5.74, 6) is -0.493. The van der Waals surface area contributed by atoms with Gasteiger partial charge in [-0.15, -0.1) is 0 Å². The minimum atomic E-state index is -0.633. The minimum absolute atomic E-state index is 0.223. The molecule has 126 valence electrons. The van der Waals surface area contributed by atoms with Crippen LogP contribution in [0.25, 0.3) is 0 Å². The summed E-state index contributed by atoms with van der Waals surface area (Å²) in [5, 5.41) is 5.32. The van der Waals surface area contributed by atoms with Gasteiger partial charge in [-0.2, -0.15) is 0 Å². The van der Waals surface area contributed by atoms with Crippen molar-refractivity contribution in [2.45, 2.75) is 19.4 Å². The van der Waals surface area contributed by atoms with Crippen LogP contribution < -0.4 is 15.4 Å². The molecule has 2 amide bonds. The normalized spacial score (nSPS) is 11.4. The average Bonchev–Trinajstić information content (AvgIpc) is 2.62. The van der Waals surface area contributed by atoms with Crippen molar-refractivity contribution in [1.82, 2.24) is 10.6 Å². The average molecular weight is 326 g/mol. The Morgan fingerprint density at radius 2 is 1.67 bits per heavy atom. The number of carbonyl (C=O) groups is 2. The van der Waals surface area contributed by atoms with Gasteiger partial charge in [-0.05, 0) is 30.5 Å². The zero-order valence-corrected chi connectivity index (χ0v) is 13.9. The molecule has 2 N–H and O–H groups in total. The fraction of sp³-hybridized carbons (Fsp3) is 0.263. The van der Waals surface area contributed by atoms with E-state index >= 15 is 0 Å². The van der Waals surface area contributed by atoms with Gasteiger partial charge in [0.1, 0.15) is 5.75 Å². The maximum atomic E-state index is 11.9. The lowest BCUT2D eigenvalue weighted by molar-refractivity contribution is -0.139. The molecule has 0 unspecified atom stereocenters. The van der Waals surface area contributed by atoms with Crippen LogP contribution in [-0.4, -0.2) is 25.5 Å². The zero-order chi connectivity index (χ0) is 17.4.